The fourth-order valence-corrected chi connectivity index (χ4v) is 3.57. The second-order valence-electron chi connectivity index (χ2n) is 6.43. The summed E-state index contributed by atoms with van der Waals surface area (Å²) < 4.78 is 28.2. The van der Waals surface area contributed by atoms with Gasteiger partial charge in [-0.15, -0.1) is 0 Å². The Morgan fingerprint density at radius 2 is 1.83 bits per heavy atom. The quantitative estimate of drug-likeness (QED) is 0.493. The fourth-order valence-electron chi connectivity index (χ4n) is 2.76. The number of aromatic nitrogens is 2. The van der Waals surface area contributed by atoms with Crippen molar-refractivity contribution in [2.45, 2.75) is 18.5 Å². The van der Waals surface area contributed by atoms with Gasteiger partial charge in [0.15, 0.2) is 5.16 Å². The van der Waals surface area contributed by atoms with Crippen LogP contribution in [0.4, 0.5) is 14.5 Å². The van der Waals surface area contributed by atoms with E-state index in [1.165, 1.54) is 34.9 Å². The van der Waals surface area contributed by atoms with Gasteiger partial charge in [-0.05, 0) is 42.8 Å². The number of nitrogens with one attached hydrogen (secondary N) is 1. The van der Waals surface area contributed by atoms with Crippen LogP contribution in [0.25, 0.3) is 0 Å². The number of hydrogen-bond acceptors (Lipinski definition) is 4. The van der Waals surface area contributed by atoms with Crippen LogP contribution in [0.15, 0.2) is 58.5 Å². The van der Waals surface area contributed by atoms with E-state index in [1.54, 1.807) is 32.2 Å². The number of hydrogen-bond donors (Lipinski definition) is 1. The lowest BCUT2D eigenvalue weighted by Gasteiger charge is -2.12. The van der Waals surface area contributed by atoms with Gasteiger partial charge in [0.05, 0.1) is 5.75 Å². The molecule has 0 saturated carbocycles. The Labute approximate surface area is 170 Å². The van der Waals surface area contributed by atoms with Crippen LogP contribution in [0.2, 0.25) is 0 Å². The predicted octanol–water partition coefficient (Wildman–Crippen LogP) is 3.69. The van der Waals surface area contributed by atoms with Crippen molar-refractivity contribution in [3.8, 4) is 0 Å². The summed E-state index contributed by atoms with van der Waals surface area (Å²) in [6.07, 6.45) is 0.147. The normalized spacial score (nSPS) is 10.8. The first-order chi connectivity index (χ1) is 13.8. The summed E-state index contributed by atoms with van der Waals surface area (Å²) in [6, 6.07) is 11.7. The van der Waals surface area contributed by atoms with Gasteiger partial charge in [-0.2, -0.15) is 0 Å². The van der Waals surface area contributed by atoms with Crippen LogP contribution < -0.4 is 10.9 Å². The molecule has 0 aliphatic heterocycles. The second-order valence-corrected chi connectivity index (χ2v) is 7.38. The lowest BCUT2D eigenvalue weighted by Crippen LogP contribution is -2.26. The van der Waals surface area contributed by atoms with Crippen LogP contribution in [0.5, 0.6) is 0 Å². The molecule has 0 aliphatic rings. The monoisotopic (exact) mass is 415 g/mol. The third kappa shape index (κ3) is 5.08. The Bertz CT molecular complexity index is 1100. The molecule has 0 spiro atoms. The summed E-state index contributed by atoms with van der Waals surface area (Å²) in [4.78, 5) is 29.3. The van der Waals surface area contributed by atoms with Crippen LogP contribution in [0.3, 0.4) is 0 Å². The molecular weight excluding hydrogens is 396 g/mol. The molecule has 1 aromatic heterocycles. The molecule has 2 aromatic carbocycles. The highest BCUT2D eigenvalue weighted by Crippen LogP contribution is 2.18. The second kappa shape index (κ2) is 9.00. The van der Waals surface area contributed by atoms with E-state index in [0.29, 0.717) is 27.7 Å². The number of carbonyl (C=O) groups excluding carboxylic acids is 1. The molecule has 8 heteroatoms. The van der Waals surface area contributed by atoms with Gasteiger partial charge >= 0.3 is 0 Å². The lowest BCUT2D eigenvalue weighted by atomic mass is 10.0. The third-order valence-corrected chi connectivity index (χ3v) is 5.37. The maximum absolute atomic E-state index is 13.9. The van der Waals surface area contributed by atoms with Crippen molar-refractivity contribution >= 4 is 23.4 Å². The van der Waals surface area contributed by atoms with Crippen molar-refractivity contribution in [2.24, 2.45) is 7.05 Å². The summed E-state index contributed by atoms with van der Waals surface area (Å²) in [6.45, 7) is 1.69. The van der Waals surface area contributed by atoms with Crippen molar-refractivity contribution in [3.63, 3.8) is 0 Å². The average Bonchev–Trinajstić information content (AvgIpc) is 2.70. The topological polar surface area (TPSA) is 64.0 Å². The van der Waals surface area contributed by atoms with Gasteiger partial charge in [-0.25, -0.2) is 13.8 Å². The molecular formula is C21H19F2N3O2S. The minimum Gasteiger partial charge on any atom is -0.325 e. The number of anilines is 1. The zero-order valence-corrected chi connectivity index (χ0v) is 16.7. The van der Waals surface area contributed by atoms with Crippen LogP contribution in [0.1, 0.15) is 16.8 Å². The molecule has 0 aliphatic carbocycles. The van der Waals surface area contributed by atoms with Crippen molar-refractivity contribution in [2.75, 3.05) is 11.1 Å². The lowest BCUT2D eigenvalue weighted by molar-refractivity contribution is -0.113. The van der Waals surface area contributed by atoms with E-state index in [9.17, 15) is 18.4 Å². The Morgan fingerprint density at radius 1 is 1.14 bits per heavy atom. The minimum atomic E-state index is -0.387. The van der Waals surface area contributed by atoms with Crippen LogP contribution >= 0.6 is 11.8 Å². The predicted molar refractivity (Wildman–Crippen MR) is 109 cm³/mol. The van der Waals surface area contributed by atoms with Crippen LogP contribution in [0, 0.1) is 18.6 Å². The number of benzene rings is 2. The number of aryl methyl sites for hydroxylation is 1. The van der Waals surface area contributed by atoms with Crippen molar-refractivity contribution in [1.29, 1.82) is 0 Å². The van der Waals surface area contributed by atoms with E-state index in [1.807, 2.05) is 0 Å². The molecule has 1 N–H and O–H groups in total. The number of nitrogens with zero attached hydrogens (tertiary/aromatic N) is 2. The van der Waals surface area contributed by atoms with E-state index in [-0.39, 0.29) is 35.3 Å². The first kappa shape index (κ1) is 20.7. The molecule has 150 valence electrons. The maximum Gasteiger partial charge on any atom is 0.257 e. The van der Waals surface area contributed by atoms with Crippen molar-refractivity contribution in [1.82, 2.24) is 9.55 Å². The molecule has 29 heavy (non-hydrogen) atoms. The molecule has 0 atom stereocenters. The van der Waals surface area contributed by atoms with E-state index in [4.69, 9.17) is 0 Å². The van der Waals surface area contributed by atoms with Crippen molar-refractivity contribution in [3.05, 3.63) is 87.3 Å². The summed E-state index contributed by atoms with van der Waals surface area (Å²) >= 11 is 1.12. The zero-order chi connectivity index (χ0) is 21.0. The largest absolute Gasteiger partial charge is 0.325 e. The summed E-state index contributed by atoms with van der Waals surface area (Å²) in [5, 5.41) is 3.04. The van der Waals surface area contributed by atoms with Gasteiger partial charge < -0.3 is 5.32 Å². The maximum atomic E-state index is 13.9. The Morgan fingerprint density at radius 3 is 2.52 bits per heavy atom. The summed E-state index contributed by atoms with van der Waals surface area (Å²) in [5.74, 6) is -1.03. The molecule has 0 radical (unpaired) electrons. The van der Waals surface area contributed by atoms with Crippen LogP contribution in [-0.2, 0) is 18.3 Å². The van der Waals surface area contributed by atoms with Gasteiger partial charge in [-0.1, -0.05) is 30.0 Å². The smallest absolute Gasteiger partial charge is 0.257 e. The van der Waals surface area contributed by atoms with E-state index < -0.39 is 0 Å². The first-order valence-corrected chi connectivity index (χ1v) is 9.82. The van der Waals surface area contributed by atoms with Gasteiger partial charge in [0, 0.05) is 30.4 Å². The number of thioether (sulfide) groups is 1. The molecule has 1 amide bonds. The van der Waals surface area contributed by atoms with E-state index in [0.717, 1.165) is 11.8 Å². The fraction of sp³-hybridized carbons (Fsp3) is 0.190. The molecule has 5 nitrogen and oxygen atoms in total. The number of carbonyl (C=O) groups is 1. The van der Waals surface area contributed by atoms with Gasteiger partial charge in [0.1, 0.15) is 11.6 Å². The Kier molecular flexibility index (Phi) is 6.43. The van der Waals surface area contributed by atoms with Gasteiger partial charge in [-0.3, -0.25) is 14.2 Å². The van der Waals surface area contributed by atoms with Crippen molar-refractivity contribution < 1.29 is 13.6 Å². The Hall–Kier alpha value is -3.00. The standard InChI is InChI=1S/C21H19F2N3O2S/c1-13-17(11-14-5-3-4-6-18(14)23)20(28)26(2)21(24-13)29-12-19(27)25-16-9-7-15(22)8-10-16/h3-10H,11-12H2,1-2H3,(H,25,27). The molecule has 3 aromatic rings. The van der Waals surface area contributed by atoms with Crippen LogP contribution in [-0.4, -0.2) is 21.2 Å². The van der Waals surface area contributed by atoms with Gasteiger partial charge in [0.25, 0.3) is 5.56 Å². The molecule has 0 fully saturated rings. The number of halogens is 2. The summed E-state index contributed by atoms with van der Waals surface area (Å²) in [7, 11) is 1.57. The highest BCUT2D eigenvalue weighted by Gasteiger charge is 2.15. The minimum absolute atomic E-state index is 0.0315. The van der Waals surface area contributed by atoms with Gasteiger partial charge in [0.2, 0.25) is 5.91 Å². The van der Waals surface area contributed by atoms with E-state index >= 15 is 0 Å². The summed E-state index contributed by atoms with van der Waals surface area (Å²) in [5.41, 5.74) is 1.54. The molecule has 0 unspecified atom stereocenters. The zero-order valence-electron chi connectivity index (χ0n) is 15.9. The average molecular weight is 415 g/mol. The highest BCUT2D eigenvalue weighted by atomic mass is 32.2. The van der Waals surface area contributed by atoms with E-state index in [2.05, 4.69) is 10.3 Å². The number of amides is 1. The Balaban J connectivity index is 1.72. The SMILES string of the molecule is Cc1nc(SCC(=O)Nc2ccc(F)cc2)n(C)c(=O)c1Cc1ccccc1F. The highest BCUT2D eigenvalue weighted by molar-refractivity contribution is 7.99. The molecule has 0 saturated heterocycles. The molecule has 3 rings (SSSR count). The first-order valence-electron chi connectivity index (χ1n) is 8.83. The number of rotatable bonds is 6. The molecule has 1 heterocycles. The third-order valence-electron chi connectivity index (χ3n) is 4.34. The molecule has 0 bridgehead atoms.